The van der Waals surface area contributed by atoms with E-state index in [0.29, 0.717) is 5.92 Å². The highest BCUT2D eigenvalue weighted by Crippen LogP contribution is 2.49. The molecule has 0 bridgehead atoms. The Morgan fingerprint density at radius 2 is 1.24 bits per heavy atom. The van der Waals surface area contributed by atoms with Gasteiger partial charge in [-0.2, -0.15) is 0 Å². The predicted molar refractivity (Wildman–Crippen MR) is 196 cm³/mol. The molecule has 0 nitrogen and oxygen atoms in total. The molecular weight excluding hydrogens is 561 g/mol. The fourth-order valence-electron chi connectivity index (χ4n) is 7.70. The van der Waals surface area contributed by atoms with Gasteiger partial charge in [-0.3, -0.25) is 0 Å². The number of thiophene rings is 1. The molecule has 214 valence electrons. The van der Waals surface area contributed by atoms with Crippen LogP contribution in [0.5, 0.6) is 0 Å². The molecule has 1 heterocycles. The number of aryl methyl sites for hydroxylation is 1. The monoisotopic (exact) mass is 592 g/mol. The van der Waals surface area contributed by atoms with Crippen LogP contribution in [0.2, 0.25) is 0 Å². The Hall–Kier alpha value is -4.98. The lowest BCUT2D eigenvalue weighted by molar-refractivity contribution is 0.871. The van der Waals surface area contributed by atoms with Gasteiger partial charge in [0.1, 0.15) is 0 Å². The van der Waals surface area contributed by atoms with Gasteiger partial charge in [-0.15, -0.1) is 11.3 Å². The van der Waals surface area contributed by atoms with Crippen molar-refractivity contribution in [1.29, 1.82) is 0 Å². The van der Waals surface area contributed by atoms with Crippen LogP contribution in [0.25, 0.3) is 60.0 Å². The van der Waals surface area contributed by atoms with Crippen LogP contribution in [0.3, 0.4) is 0 Å². The van der Waals surface area contributed by atoms with Gasteiger partial charge in [-0.05, 0) is 97.5 Å². The van der Waals surface area contributed by atoms with E-state index >= 15 is 0 Å². The van der Waals surface area contributed by atoms with Crippen LogP contribution in [-0.4, -0.2) is 0 Å². The Bertz CT molecular complexity index is 2270. The maximum Gasteiger partial charge on any atom is 0.0358 e. The number of allylic oxidation sites excluding steroid dienone is 5. The minimum Gasteiger partial charge on any atom is -0.136 e. The fraction of sp³-hybridized carbons (Fsp3) is 0.0909. The SMILES string of the molecule is C1=Cc2sc3cccc(-c4c5ccccc5c(C5=CC(c6ccccc6)CC(c6ccccc6)=C5)c5ccccc45)c3c2CC1. The van der Waals surface area contributed by atoms with Crippen LogP contribution in [0, 0.1) is 0 Å². The number of fused-ring (bicyclic) bond motifs is 5. The average Bonchev–Trinajstić information content (AvgIpc) is 3.50. The molecule has 0 saturated carbocycles. The summed E-state index contributed by atoms with van der Waals surface area (Å²) in [4.78, 5) is 1.42. The lowest BCUT2D eigenvalue weighted by Gasteiger charge is -2.25. The molecule has 1 unspecified atom stereocenters. The standard InChI is InChI=1S/C44H32S/c1-3-14-29(15-4-1)31-26-32(30-16-5-2-6-17-30)28-33(27-31)42-34-18-7-9-20-36(34)43(37-21-10-8-19-35(37)42)39-23-13-25-41-44(39)38-22-11-12-24-40(38)45-41/h1-10,12-21,23-25,27-28,31H,11,22,26H2. The molecule has 1 atom stereocenters. The summed E-state index contributed by atoms with van der Waals surface area (Å²) in [7, 11) is 0. The number of benzene rings is 6. The van der Waals surface area contributed by atoms with Crippen molar-refractivity contribution in [3.63, 3.8) is 0 Å². The molecule has 2 aliphatic carbocycles. The molecule has 1 heteroatoms. The van der Waals surface area contributed by atoms with E-state index < -0.39 is 0 Å². The predicted octanol–water partition coefficient (Wildman–Crippen LogP) is 12.5. The fourth-order valence-corrected chi connectivity index (χ4v) is 8.91. The van der Waals surface area contributed by atoms with Crippen molar-refractivity contribution < 1.29 is 0 Å². The molecule has 1 aromatic heterocycles. The third kappa shape index (κ3) is 4.42. The van der Waals surface area contributed by atoms with Crippen molar-refractivity contribution in [3.8, 4) is 11.1 Å². The van der Waals surface area contributed by atoms with Crippen molar-refractivity contribution in [1.82, 2.24) is 0 Å². The van der Waals surface area contributed by atoms with Crippen LogP contribution in [-0.2, 0) is 6.42 Å². The third-order valence-corrected chi connectivity index (χ3v) is 10.9. The van der Waals surface area contributed by atoms with Gasteiger partial charge >= 0.3 is 0 Å². The first-order valence-corrected chi connectivity index (χ1v) is 16.8. The van der Waals surface area contributed by atoms with E-state index in [2.05, 4.69) is 152 Å². The zero-order chi connectivity index (χ0) is 29.7. The van der Waals surface area contributed by atoms with Crippen molar-refractivity contribution >= 4 is 60.2 Å². The van der Waals surface area contributed by atoms with E-state index in [4.69, 9.17) is 0 Å². The Morgan fingerprint density at radius 3 is 1.96 bits per heavy atom. The summed E-state index contributed by atoms with van der Waals surface area (Å²) in [5, 5.41) is 6.72. The van der Waals surface area contributed by atoms with E-state index in [-0.39, 0.29) is 0 Å². The van der Waals surface area contributed by atoms with Crippen molar-refractivity contribution in [3.05, 3.63) is 173 Å². The summed E-state index contributed by atoms with van der Waals surface area (Å²) < 4.78 is 1.39. The second-order valence-electron chi connectivity index (χ2n) is 12.3. The lowest BCUT2D eigenvalue weighted by atomic mass is 9.78. The van der Waals surface area contributed by atoms with Crippen LogP contribution in [0.4, 0.5) is 0 Å². The number of rotatable bonds is 4. The molecule has 0 N–H and O–H groups in total. The summed E-state index contributed by atoms with van der Waals surface area (Å²) >= 11 is 1.94. The van der Waals surface area contributed by atoms with Gasteiger partial charge in [0.2, 0.25) is 0 Å². The van der Waals surface area contributed by atoms with Gasteiger partial charge in [0.25, 0.3) is 0 Å². The second kappa shape index (κ2) is 10.9. The number of hydrogen-bond donors (Lipinski definition) is 0. The van der Waals surface area contributed by atoms with E-state index in [1.54, 1.807) is 0 Å². The van der Waals surface area contributed by atoms with E-state index in [9.17, 15) is 0 Å². The maximum absolute atomic E-state index is 2.53. The average molecular weight is 593 g/mol. The van der Waals surface area contributed by atoms with E-state index in [0.717, 1.165) is 19.3 Å². The van der Waals surface area contributed by atoms with Crippen LogP contribution < -0.4 is 0 Å². The first-order chi connectivity index (χ1) is 22.3. The van der Waals surface area contributed by atoms with Crippen molar-refractivity contribution in [2.24, 2.45) is 0 Å². The van der Waals surface area contributed by atoms with Crippen LogP contribution in [0.15, 0.2) is 146 Å². The molecule has 9 rings (SSSR count). The summed E-state index contributed by atoms with van der Waals surface area (Å²) in [6.45, 7) is 0. The van der Waals surface area contributed by atoms with Gasteiger partial charge in [-0.25, -0.2) is 0 Å². The first kappa shape index (κ1) is 26.4. The molecule has 0 amide bonds. The highest BCUT2D eigenvalue weighted by atomic mass is 32.1. The second-order valence-corrected chi connectivity index (χ2v) is 13.4. The molecule has 45 heavy (non-hydrogen) atoms. The quantitative estimate of drug-likeness (QED) is 0.178. The van der Waals surface area contributed by atoms with Crippen molar-refractivity contribution in [2.45, 2.75) is 25.2 Å². The molecule has 2 aliphatic rings. The van der Waals surface area contributed by atoms with E-state index in [1.165, 1.54) is 81.0 Å². The normalized spacial score (nSPS) is 16.1. The molecule has 0 radical (unpaired) electrons. The zero-order valence-corrected chi connectivity index (χ0v) is 25.9. The summed E-state index contributed by atoms with van der Waals surface area (Å²) in [5.74, 6) is 0.303. The molecule has 0 spiro atoms. The zero-order valence-electron chi connectivity index (χ0n) is 25.0. The van der Waals surface area contributed by atoms with Crippen LogP contribution in [0.1, 0.15) is 45.9 Å². The molecular formula is C44H32S. The first-order valence-electron chi connectivity index (χ1n) is 16.0. The minimum absolute atomic E-state index is 0.303. The Kier molecular flexibility index (Phi) is 6.39. The highest BCUT2D eigenvalue weighted by Gasteiger charge is 2.24. The molecule has 0 saturated heterocycles. The van der Waals surface area contributed by atoms with Gasteiger partial charge in [0.05, 0.1) is 0 Å². The maximum atomic E-state index is 2.53. The Balaban J connectivity index is 1.35. The van der Waals surface area contributed by atoms with E-state index in [1.807, 2.05) is 11.3 Å². The summed E-state index contributed by atoms with van der Waals surface area (Å²) in [6.07, 6.45) is 12.9. The van der Waals surface area contributed by atoms with Gasteiger partial charge < -0.3 is 0 Å². The van der Waals surface area contributed by atoms with Crippen LogP contribution >= 0.6 is 11.3 Å². The molecule has 0 fully saturated rings. The largest absolute Gasteiger partial charge is 0.136 e. The third-order valence-electron chi connectivity index (χ3n) is 9.69. The highest BCUT2D eigenvalue weighted by molar-refractivity contribution is 7.20. The van der Waals surface area contributed by atoms with Crippen molar-refractivity contribution in [2.75, 3.05) is 0 Å². The topological polar surface area (TPSA) is 0 Å². The molecule has 0 aliphatic heterocycles. The molecule has 7 aromatic rings. The Morgan fingerprint density at radius 1 is 0.600 bits per heavy atom. The summed E-state index contributed by atoms with van der Waals surface area (Å²) in [6, 6.07) is 47.1. The minimum atomic E-state index is 0.303. The Labute approximate surface area is 268 Å². The number of hydrogen-bond acceptors (Lipinski definition) is 1. The molecule has 6 aromatic carbocycles. The smallest absolute Gasteiger partial charge is 0.0358 e. The van der Waals surface area contributed by atoms with Gasteiger partial charge in [0.15, 0.2) is 0 Å². The van der Waals surface area contributed by atoms with Gasteiger partial charge in [0, 0.05) is 20.9 Å². The lowest BCUT2D eigenvalue weighted by Crippen LogP contribution is -2.04. The van der Waals surface area contributed by atoms with Gasteiger partial charge in [-0.1, -0.05) is 140 Å². The summed E-state index contributed by atoms with van der Waals surface area (Å²) in [5.41, 5.74) is 10.9.